The first-order valence-electron chi connectivity index (χ1n) is 5.58. The molecule has 0 atom stereocenters. The molecule has 0 radical (unpaired) electrons. The Morgan fingerprint density at radius 3 is 2.75 bits per heavy atom. The predicted molar refractivity (Wildman–Crippen MR) is 75.6 cm³/mol. The van der Waals surface area contributed by atoms with Gasteiger partial charge in [-0.05, 0) is 25.1 Å². The van der Waals surface area contributed by atoms with E-state index >= 15 is 0 Å². The lowest BCUT2D eigenvalue weighted by Crippen LogP contribution is -2.15. The largest absolute Gasteiger partial charge is 0.478 e. The van der Waals surface area contributed by atoms with Crippen LogP contribution in [0.25, 0.3) is 0 Å². The lowest BCUT2D eigenvalue weighted by molar-refractivity contribution is 0.397. The van der Waals surface area contributed by atoms with Crippen molar-refractivity contribution in [3.05, 3.63) is 41.2 Å². The maximum Gasteiger partial charge on any atom is 0.263 e. The van der Waals surface area contributed by atoms with Crippen molar-refractivity contribution in [2.75, 3.05) is 11.8 Å². The fourth-order valence-electron chi connectivity index (χ4n) is 1.49. The summed E-state index contributed by atoms with van der Waals surface area (Å²) >= 11 is 5.79. The molecular formula is C12H12ClN3O3S. The quantitative estimate of drug-likeness (QED) is 0.936. The lowest BCUT2D eigenvalue weighted by Gasteiger charge is -2.10. The number of sulfonamides is 1. The number of benzene rings is 1. The average molecular weight is 314 g/mol. The third-order valence-corrected chi connectivity index (χ3v) is 3.96. The molecule has 0 spiro atoms. The van der Waals surface area contributed by atoms with Gasteiger partial charge in [-0.25, -0.2) is 18.4 Å². The van der Waals surface area contributed by atoms with Gasteiger partial charge in [0.25, 0.3) is 15.9 Å². The van der Waals surface area contributed by atoms with Gasteiger partial charge < -0.3 is 4.74 Å². The van der Waals surface area contributed by atoms with Crippen LogP contribution in [0.2, 0.25) is 5.02 Å². The van der Waals surface area contributed by atoms with Gasteiger partial charge in [-0.2, -0.15) is 0 Å². The minimum absolute atomic E-state index is 0.0260. The Balaban J connectivity index is 2.38. The van der Waals surface area contributed by atoms with Crippen LogP contribution in [-0.2, 0) is 10.0 Å². The van der Waals surface area contributed by atoms with Crippen molar-refractivity contribution in [3.63, 3.8) is 0 Å². The van der Waals surface area contributed by atoms with Gasteiger partial charge >= 0.3 is 0 Å². The first-order chi connectivity index (χ1) is 9.42. The van der Waals surface area contributed by atoms with Gasteiger partial charge in [-0.15, -0.1) is 0 Å². The van der Waals surface area contributed by atoms with E-state index in [0.717, 1.165) is 0 Å². The summed E-state index contributed by atoms with van der Waals surface area (Å²) in [5.41, 5.74) is 0.618. The number of hydrogen-bond acceptors (Lipinski definition) is 5. The lowest BCUT2D eigenvalue weighted by atomic mass is 10.4. The zero-order valence-electron chi connectivity index (χ0n) is 10.8. The van der Waals surface area contributed by atoms with Gasteiger partial charge in [-0.3, -0.25) is 4.72 Å². The molecule has 0 saturated heterocycles. The number of anilines is 1. The van der Waals surface area contributed by atoms with Gasteiger partial charge in [0, 0.05) is 5.02 Å². The van der Waals surface area contributed by atoms with Crippen LogP contribution in [0.3, 0.4) is 0 Å². The molecule has 0 aliphatic heterocycles. The topological polar surface area (TPSA) is 81.2 Å². The van der Waals surface area contributed by atoms with Crippen LogP contribution in [-0.4, -0.2) is 25.5 Å². The molecule has 1 aromatic heterocycles. The minimum atomic E-state index is -3.80. The number of halogens is 1. The summed E-state index contributed by atoms with van der Waals surface area (Å²) < 4.78 is 31.8. The summed E-state index contributed by atoms with van der Waals surface area (Å²) in [6, 6.07) is 5.92. The number of rotatable bonds is 4. The van der Waals surface area contributed by atoms with Crippen molar-refractivity contribution >= 4 is 27.4 Å². The van der Waals surface area contributed by atoms with Gasteiger partial charge in [0.05, 0.1) is 23.9 Å². The summed E-state index contributed by atoms with van der Waals surface area (Å²) in [6.07, 6.45) is 1.44. The summed E-state index contributed by atoms with van der Waals surface area (Å²) in [4.78, 5) is 8.06. The highest BCUT2D eigenvalue weighted by Crippen LogP contribution is 2.23. The Bertz CT molecular complexity index is 734. The Labute approximate surface area is 121 Å². The highest BCUT2D eigenvalue weighted by atomic mass is 35.5. The van der Waals surface area contributed by atoms with Crippen LogP contribution in [0.4, 0.5) is 5.82 Å². The third kappa shape index (κ3) is 3.17. The van der Waals surface area contributed by atoms with Crippen LogP contribution >= 0.6 is 11.6 Å². The minimum Gasteiger partial charge on any atom is -0.478 e. The van der Waals surface area contributed by atoms with E-state index < -0.39 is 10.0 Å². The van der Waals surface area contributed by atoms with Crippen molar-refractivity contribution in [2.45, 2.75) is 11.8 Å². The van der Waals surface area contributed by atoms with E-state index in [4.69, 9.17) is 16.3 Å². The average Bonchev–Trinajstić information content (AvgIpc) is 2.40. The molecule has 0 bridgehead atoms. The molecule has 6 nitrogen and oxygen atoms in total. The molecule has 1 aromatic carbocycles. The van der Waals surface area contributed by atoms with E-state index in [1.165, 1.54) is 25.4 Å². The molecule has 2 aromatic rings. The molecule has 1 N–H and O–H groups in total. The van der Waals surface area contributed by atoms with Gasteiger partial charge in [0.2, 0.25) is 5.82 Å². The number of methoxy groups -OCH3 is 1. The molecule has 0 aliphatic carbocycles. The Morgan fingerprint density at radius 1 is 1.35 bits per heavy atom. The second kappa shape index (κ2) is 5.64. The number of hydrogen-bond donors (Lipinski definition) is 1. The van der Waals surface area contributed by atoms with E-state index in [2.05, 4.69) is 14.7 Å². The molecule has 0 fully saturated rings. The second-order valence-electron chi connectivity index (χ2n) is 3.93. The zero-order valence-corrected chi connectivity index (χ0v) is 12.4. The molecule has 8 heteroatoms. The number of nitrogens with one attached hydrogen (secondary N) is 1. The molecule has 1 heterocycles. The third-order valence-electron chi connectivity index (χ3n) is 2.39. The summed E-state index contributed by atoms with van der Waals surface area (Å²) in [5, 5.41) is 0.329. The van der Waals surface area contributed by atoms with Gasteiger partial charge in [0.15, 0.2) is 0 Å². The van der Waals surface area contributed by atoms with Crippen molar-refractivity contribution in [3.8, 4) is 5.88 Å². The number of nitrogens with zero attached hydrogens (tertiary/aromatic N) is 2. The number of ether oxygens (including phenoxy) is 1. The molecule has 0 unspecified atom stereocenters. The standard InChI is InChI=1S/C12H12ClN3O3S/c1-8-7-14-11(12(15-8)19-2)16-20(17,18)10-5-3-4-9(13)6-10/h3-7H,1-2H3,(H,14,16). The van der Waals surface area contributed by atoms with Crippen molar-refractivity contribution in [1.82, 2.24) is 9.97 Å². The van der Waals surface area contributed by atoms with Crippen LogP contribution in [0.1, 0.15) is 5.69 Å². The fourth-order valence-corrected chi connectivity index (χ4v) is 2.80. The molecular weight excluding hydrogens is 302 g/mol. The molecule has 2 rings (SSSR count). The van der Waals surface area contributed by atoms with Crippen LogP contribution in [0, 0.1) is 6.92 Å². The van der Waals surface area contributed by atoms with E-state index in [1.807, 2.05) is 0 Å². The van der Waals surface area contributed by atoms with Crippen LogP contribution < -0.4 is 9.46 Å². The van der Waals surface area contributed by atoms with Crippen molar-refractivity contribution in [2.24, 2.45) is 0 Å². The highest BCUT2D eigenvalue weighted by Gasteiger charge is 2.18. The van der Waals surface area contributed by atoms with Gasteiger partial charge in [0.1, 0.15) is 0 Å². The Kier molecular flexibility index (Phi) is 4.10. The zero-order chi connectivity index (χ0) is 14.8. The summed E-state index contributed by atoms with van der Waals surface area (Å²) in [7, 11) is -2.41. The monoisotopic (exact) mass is 313 g/mol. The van der Waals surface area contributed by atoms with Gasteiger partial charge in [-0.1, -0.05) is 17.7 Å². The Morgan fingerprint density at radius 2 is 2.10 bits per heavy atom. The molecule has 0 amide bonds. The predicted octanol–water partition coefficient (Wildman–Crippen LogP) is 2.25. The first-order valence-corrected chi connectivity index (χ1v) is 7.44. The number of aryl methyl sites for hydroxylation is 1. The van der Waals surface area contributed by atoms with E-state index in [1.54, 1.807) is 19.1 Å². The second-order valence-corrected chi connectivity index (χ2v) is 6.05. The smallest absolute Gasteiger partial charge is 0.263 e. The van der Waals surface area contributed by atoms with Crippen LogP contribution in [0.5, 0.6) is 5.88 Å². The number of aromatic nitrogens is 2. The Hall–Kier alpha value is -1.86. The summed E-state index contributed by atoms with van der Waals surface area (Å²) in [6.45, 7) is 1.73. The molecule has 0 aliphatic rings. The highest BCUT2D eigenvalue weighted by molar-refractivity contribution is 7.92. The molecule has 106 valence electrons. The summed E-state index contributed by atoms with van der Waals surface area (Å²) in [5.74, 6) is 0.133. The van der Waals surface area contributed by atoms with E-state index in [0.29, 0.717) is 10.7 Å². The SMILES string of the molecule is COc1nc(C)cnc1NS(=O)(=O)c1cccc(Cl)c1. The van der Waals surface area contributed by atoms with Crippen LogP contribution in [0.15, 0.2) is 35.4 Å². The van der Waals surface area contributed by atoms with Crippen molar-refractivity contribution < 1.29 is 13.2 Å². The first kappa shape index (κ1) is 14.5. The maximum absolute atomic E-state index is 12.2. The maximum atomic E-state index is 12.2. The fraction of sp³-hybridized carbons (Fsp3) is 0.167. The van der Waals surface area contributed by atoms with Crippen molar-refractivity contribution in [1.29, 1.82) is 0 Å². The van der Waals surface area contributed by atoms with E-state index in [-0.39, 0.29) is 16.6 Å². The molecule has 0 saturated carbocycles. The normalized spacial score (nSPS) is 11.2. The molecule has 20 heavy (non-hydrogen) atoms. The van der Waals surface area contributed by atoms with E-state index in [9.17, 15) is 8.42 Å².